The van der Waals surface area contributed by atoms with Crippen LogP contribution < -0.4 is 5.32 Å². The first kappa shape index (κ1) is 15.8. The number of carbonyl (C=O) groups excluding carboxylic acids is 1. The summed E-state index contributed by atoms with van der Waals surface area (Å²) in [4.78, 5) is 26.4. The molecule has 0 aliphatic carbocycles. The molecule has 1 rings (SSSR count). The third-order valence-electron chi connectivity index (χ3n) is 3.53. The average Bonchev–Trinajstić information content (AvgIpc) is 2.39. The molecule has 110 valence electrons. The second kappa shape index (κ2) is 7.99. The van der Waals surface area contributed by atoms with E-state index in [9.17, 15) is 9.59 Å². The molecule has 0 aromatic rings. The van der Waals surface area contributed by atoms with Crippen LogP contribution in [0.4, 0.5) is 4.79 Å². The summed E-state index contributed by atoms with van der Waals surface area (Å²) in [5, 5.41) is 11.9. The van der Waals surface area contributed by atoms with Gasteiger partial charge in [-0.3, -0.25) is 4.79 Å². The van der Waals surface area contributed by atoms with Crippen molar-refractivity contribution >= 4 is 12.0 Å². The van der Waals surface area contributed by atoms with E-state index in [-0.39, 0.29) is 19.0 Å². The summed E-state index contributed by atoms with van der Waals surface area (Å²) in [6.07, 6.45) is 2.17. The van der Waals surface area contributed by atoms with Gasteiger partial charge in [0.15, 0.2) is 0 Å². The summed E-state index contributed by atoms with van der Waals surface area (Å²) < 4.78 is 0. The van der Waals surface area contributed by atoms with Gasteiger partial charge in [0.25, 0.3) is 0 Å². The molecule has 6 heteroatoms. The number of hydrogen-bond donors (Lipinski definition) is 2. The molecule has 19 heavy (non-hydrogen) atoms. The molecule has 1 heterocycles. The summed E-state index contributed by atoms with van der Waals surface area (Å²) in [6, 6.07) is -0.0236. The lowest BCUT2D eigenvalue weighted by atomic mass is 9.98. The topological polar surface area (TPSA) is 72.9 Å². The number of carbonyl (C=O) groups is 2. The third kappa shape index (κ3) is 5.06. The second-order valence-electron chi connectivity index (χ2n) is 5.02. The Hall–Kier alpha value is -1.30. The molecule has 2 amide bonds. The van der Waals surface area contributed by atoms with E-state index in [1.54, 1.807) is 4.90 Å². The maximum Gasteiger partial charge on any atom is 0.320 e. The van der Waals surface area contributed by atoms with Crippen molar-refractivity contribution in [2.45, 2.75) is 26.2 Å². The molecule has 1 fully saturated rings. The second-order valence-corrected chi connectivity index (χ2v) is 5.02. The highest BCUT2D eigenvalue weighted by atomic mass is 16.4. The monoisotopic (exact) mass is 271 g/mol. The van der Waals surface area contributed by atoms with Crippen molar-refractivity contribution in [2.24, 2.45) is 5.92 Å². The third-order valence-corrected chi connectivity index (χ3v) is 3.53. The standard InChI is InChI=1S/C13H25N3O3/c1-3-15(8-6-12(17)18)13(19)16-7-4-5-11(10-16)9-14-2/h11,14H,3-10H2,1-2H3,(H,17,18). The number of piperidine rings is 1. The molecule has 2 N–H and O–H groups in total. The molecule has 0 spiro atoms. The van der Waals surface area contributed by atoms with Gasteiger partial charge in [-0.2, -0.15) is 0 Å². The Morgan fingerprint density at radius 3 is 2.79 bits per heavy atom. The zero-order valence-corrected chi connectivity index (χ0v) is 11.9. The molecular weight excluding hydrogens is 246 g/mol. The fraction of sp³-hybridized carbons (Fsp3) is 0.846. The quantitative estimate of drug-likeness (QED) is 0.750. The van der Waals surface area contributed by atoms with Crippen LogP contribution in [-0.2, 0) is 4.79 Å². The van der Waals surface area contributed by atoms with Crippen LogP contribution in [0, 0.1) is 5.92 Å². The van der Waals surface area contributed by atoms with Gasteiger partial charge >= 0.3 is 12.0 Å². The molecule has 1 unspecified atom stereocenters. The summed E-state index contributed by atoms with van der Waals surface area (Å²) in [6.45, 7) is 5.20. The maximum atomic E-state index is 12.3. The maximum absolute atomic E-state index is 12.3. The molecule has 0 saturated carbocycles. The Morgan fingerprint density at radius 1 is 1.47 bits per heavy atom. The molecule has 1 aliphatic heterocycles. The van der Waals surface area contributed by atoms with Crippen molar-refractivity contribution in [3.63, 3.8) is 0 Å². The normalized spacial score (nSPS) is 19.3. The van der Waals surface area contributed by atoms with Gasteiger partial charge in [0, 0.05) is 26.2 Å². The highest BCUT2D eigenvalue weighted by Gasteiger charge is 2.26. The van der Waals surface area contributed by atoms with E-state index in [0.717, 1.165) is 32.5 Å². The zero-order valence-electron chi connectivity index (χ0n) is 11.9. The molecule has 0 aromatic heterocycles. The van der Waals surface area contributed by atoms with Crippen molar-refractivity contribution in [3.05, 3.63) is 0 Å². The minimum Gasteiger partial charge on any atom is -0.481 e. The van der Waals surface area contributed by atoms with E-state index in [2.05, 4.69) is 5.32 Å². The number of carboxylic acids is 1. The van der Waals surface area contributed by atoms with Gasteiger partial charge in [0.2, 0.25) is 0 Å². The number of likely N-dealkylation sites (tertiary alicyclic amines) is 1. The Bertz CT molecular complexity index is 308. The number of carboxylic acid groups (broad SMARTS) is 1. The molecule has 0 aromatic carbocycles. The Morgan fingerprint density at radius 2 is 2.21 bits per heavy atom. The SMILES string of the molecule is CCN(CCC(=O)O)C(=O)N1CCCC(CNC)C1. The smallest absolute Gasteiger partial charge is 0.320 e. The Labute approximate surface area is 114 Å². The number of aliphatic carboxylic acids is 1. The summed E-state index contributed by atoms with van der Waals surface area (Å²) in [5.41, 5.74) is 0. The molecule has 0 radical (unpaired) electrons. The lowest BCUT2D eigenvalue weighted by Gasteiger charge is -2.36. The van der Waals surface area contributed by atoms with Crippen molar-refractivity contribution in [2.75, 3.05) is 39.8 Å². The molecule has 0 bridgehead atoms. The Balaban J connectivity index is 2.51. The first-order chi connectivity index (χ1) is 9.08. The minimum absolute atomic E-state index is 0.00731. The summed E-state index contributed by atoms with van der Waals surface area (Å²) >= 11 is 0. The van der Waals surface area contributed by atoms with Gasteiger partial charge in [0.1, 0.15) is 0 Å². The van der Waals surface area contributed by atoms with Crippen LogP contribution in [0.1, 0.15) is 26.2 Å². The van der Waals surface area contributed by atoms with Crippen molar-refractivity contribution < 1.29 is 14.7 Å². The number of urea groups is 1. The van der Waals surface area contributed by atoms with Crippen LogP contribution in [0.15, 0.2) is 0 Å². The van der Waals surface area contributed by atoms with Crippen LogP contribution in [-0.4, -0.2) is 66.7 Å². The summed E-state index contributed by atoms with van der Waals surface area (Å²) in [5.74, 6) is -0.362. The number of amides is 2. The zero-order chi connectivity index (χ0) is 14.3. The van der Waals surface area contributed by atoms with E-state index < -0.39 is 5.97 Å². The fourth-order valence-corrected chi connectivity index (χ4v) is 2.51. The van der Waals surface area contributed by atoms with E-state index in [0.29, 0.717) is 12.5 Å². The predicted octanol–water partition coefficient (Wildman–Crippen LogP) is 0.834. The highest BCUT2D eigenvalue weighted by molar-refractivity contribution is 5.75. The van der Waals surface area contributed by atoms with Crippen molar-refractivity contribution in [1.82, 2.24) is 15.1 Å². The lowest BCUT2D eigenvalue weighted by Crippen LogP contribution is -2.49. The fourth-order valence-electron chi connectivity index (χ4n) is 2.51. The first-order valence-corrected chi connectivity index (χ1v) is 6.98. The number of nitrogens with one attached hydrogen (secondary N) is 1. The highest BCUT2D eigenvalue weighted by Crippen LogP contribution is 2.17. The molecule has 1 saturated heterocycles. The first-order valence-electron chi connectivity index (χ1n) is 6.98. The lowest BCUT2D eigenvalue weighted by molar-refractivity contribution is -0.137. The van der Waals surface area contributed by atoms with E-state index in [1.165, 1.54) is 0 Å². The number of rotatable bonds is 6. The molecular formula is C13H25N3O3. The van der Waals surface area contributed by atoms with Gasteiger partial charge in [-0.15, -0.1) is 0 Å². The van der Waals surface area contributed by atoms with Crippen molar-refractivity contribution in [3.8, 4) is 0 Å². The van der Waals surface area contributed by atoms with E-state index in [4.69, 9.17) is 5.11 Å². The van der Waals surface area contributed by atoms with Gasteiger partial charge in [-0.1, -0.05) is 0 Å². The van der Waals surface area contributed by atoms with Gasteiger partial charge in [0.05, 0.1) is 6.42 Å². The van der Waals surface area contributed by atoms with Gasteiger partial charge < -0.3 is 20.2 Å². The van der Waals surface area contributed by atoms with Gasteiger partial charge in [-0.05, 0) is 39.3 Å². The van der Waals surface area contributed by atoms with Crippen molar-refractivity contribution in [1.29, 1.82) is 0 Å². The number of nitrogens with zero attached hydrogens (tertiary/aromatic N) is 2. The van der Waals surface area contributed by atoms with E-state index in [1.807, 2.05) is 18.9 Å². The minimum atomic E-state index is -0.863. The Kier molecular flexibility index (Phi) is 6.62. The molecule has 1 atom stereocenters. The average molecular weight is 271 g/mol. The van der Waals surface area contributed by atoms with Gasteiger partial charge in [-0.25, -0.2) is 4.79 Å². The van der Waals surface area contributed by atoms with Crippen LogP contribution in [0.2, 0.25) is 0 Å². The van der Waals surface area contributed by atoms with Crippen LogP contribution >= 0.6 is 0 Å². The van der Waals surface area contributed by atoms with Crippen LogP contribution in [0.5, 0.6) is 0 Å². The summed E-state index contributed by atoms with van der Waals surface area (Å²) in [7, 11) is 1.92. The molecule has 1 aliphatic rings. The molecule has 6 nitrogen and oxygen atoms in total. The van der Waals surface area contributed by atoms with E-state index >= 15 is 0 Å². The van der Waals surface area contributed by atoms with Crippen LogP contribution in [0.3, 0.4) is 0 Å². The van der Waals surface area contributed by atoms with Crippen LogP contribution in [0.25, 0.3) is 0 Å². The largest absolute Gasteiger partial charge is 0.481 e. The predicted molar refractivity (Wildman–Crippen MR) is 73.1 cm³/mol. The number of hydrogen-bond acceptors (Lipinski definition) is 3.